The van der Waals surface area contributed by atoms with Crippen molar-refractivity contribution in [2.45, 2.75) is 6.61 Å². The number of benzene rings is 3. The van der Waals surface area contributed by atoms with Crippen LogP contribution in [0.25, 0.3) is 11.0 Å². The number of para-hydroxylation sites is 1. The topological polar surface area (TPSA) is 125 Å². The zero-order valence-electron chi connectivity index (χ0n) is 17.6. The van der Waals surface area contributed by atoms with Crippen molar-refractivity contribution in [2.24, 2.45) is 0 Å². The van der Waals surface area contributed by atoms with Gasteiger partial charge >= 0.3 is 12.2 Å². The van der Waals surface area contributed by atoms with E-state index < -0.39 is 12.2 Å². The van der Waals surface area contributed by atoms with E-state index in [1.165, 1.54) is 7.05 Å². The highest BCUT2D eigenvalue weighted by atomic mass is 16.5. The Morgan fingerprint density at radius 2 is 1.76 bits per heavy atom. The van der Waals surface area contributed by atoms with Crippen LogP contribution in [-0.4, -0.2) is 40.1 Å². The van der Waals surface area contributed by atoms with Crippen LogP contribution in [0.1, 0.15) is 21.5 Å². The Bertz CT molecular complexity index is 1330. The molecule has 9 nitrogen and oxygen atoms in total. The van der Waals surface area contributed by atoms with Crippen molar-refractivity contribution in [2.75, 3.05) is 17.3 Å². The molecule has 0 unspecified atom stereocenters. The number of hydrogen-bond acceptors (Lipinski definition) is 5. The number of nitrogens with one attached hydrogen (secondary N) is 2. The molecule has 0 radical (unpaired) electrons. The number of anilines is 2. The molecule has 0 fully saturated rings. The lowest BCUT2D eigenvalue weighted by molar-refractivity contribution is 0.103. The minimum absolute atomic E-state index is 0.103. The molecule has 2 amide bonds. The van der Waals surface area contributed by atoms with Crippen LogP contribution in [0, 0.1) is 0 Å². The maximum Gasteiger partial charge on any atom is 0.413 e. The van der Waals surface area contributed by atoms with Gasteiger partial charge in [0, 0.05) is 18.2 Å². The standard InChI is InChI=1S/C24H20N4O5/c1-28(24(31)32)22-25-19-12-11-16(13-20(19)26-22)21(29)17-9-5-6-10-18(17)27-23(30)33-14-15-7-3-2-4-8-15/h2-13H,14H2,1H3,(H,25,26)(H,27,30)(H,31,32). The van der Waals surface area contributed by atoms with Gasteiger partial charge in [-0.3, -0.25) is 15.0 Å². The Labute approximate surface area is 188 Å². The Morgan fingerprint density at radius 3 is 2.52 bits per heavy atom. The first-order valence-corrected chi connectivity index (χ1v) is 10.0. The summed E-state index contributed by atoms with van der Waals surface area (Å²) >= 11 is 0. The minimum atomic E-state index is -1.16. The normalized spacial score (nSPS) is 10.6. The van der Waals surface area contributed by atoms with Crippen LogP contribution in [0.3, 0.4) is 0 Å². The van der Waals surface area contributed by atoms with Gasteiger partial charge in [0.25, 0.3) is 0 Å². The van der Waals surface area contributed by atoms with Crippen molar-refractivity contribution in [1.82, 2.24) is 9.97 Å². The van der Waals surface area contributed by atoms with Crippen molar-refractivity contribution in [3.63, 3.8) is 0 Å². The lowest BCUT2D eigenvalue weighted by Gasteiger charge is -2.11. The van der Waals surface area contributed by atoms with Crippen LogP contribution in [0.4, 0.5) is 21.2 Å². The van der Waals surface area contributed by atoms with Crippen LogP contribution in [0.2, 0.25) is 0 Å². The molecule has 0 saturated heterocycles. The molecule has 0 bridgehead atoms. The Balaban J connectivity index is 1.53. The van der Waals surface area contributed by atoms with E-state index in [4.69, 9.17) is 9.84 Å². The number of aromatic nitrogens is 2. The molecule has 0 aliphatic rings. The average Bonchev–Trinajstić information content (AvgIpc) is 3.26. The van der Waals surface area contributed by atoms with Crippen LogP contribution in [-0.2, 0) is 11.3 Å². The maximum absolute atomic E-state index is 13.2. The van der Waals surface area contributed by atoms with Gasteiger partial charge in [0.15, 0.2) is 5.78 Å². The van der Waals surface area contributed by atoms with Crippen LogP contribution in [0.5, 0.6) is 0 Å². The molecule has 0 aliphatic carbocycles. The van der Waals surface area contributed by atoms with Crippen LogP contribution < -0.4 is 10.2 Å². The first-order chi connectivity index (χ1) is 15.9. The number of H-pyrrole nitrogens is 1. The highest BCUT2D eigenvalue weighted by Gasteiger charge is 2.18. The number of carbonyl (C=O) groups is 3. The summed E-state index contributed by atoms with van der Waals surface area (Å²) in [6.07, 6.45) is -1.84. The number of amides is 2. The van der Waals surface area contributed by atoms with E-state index in [-0.39, 0.29) is 23.9 Å². The number of ketones is 1. The summed E-state index contributed by atoms with van der Waals surface area (Å²) in [5.74, 6) is -0.183. The second kappa shape index (κ2) is 9.23. The second-order valence-corrected chi connectivity index (χ2v) is 7.20. The van der Waals surface area contributed by atoms with Gasteiger partial charge in [-0.05, 0) is 35.9 Å². The van der Waals surface area contributed by atoms with Crippen molar-refractivity contribution >= 4 is 40.6 Å². The largest absolute Gasteiger partial charge is 0.465 e. The molecule has 33 heavy (non-hydrogen) atoms. The smallest absolute Gasteiger partial charge is 0.413 e. The molecule has 0 saturated carbocycles. The lowest BCUT2D eigenvalue weighted by Crippen LogP contribution is -2.24. The molecule has 3 N–H and O–H groups in total. The van der Waals surface area contributed by atoms with Crippen molar-refractivity contribution in [1.29, 1.82) is 0 Å². The van der Waals surface area contributed by atoms with Gasteiger partial charge in [-0.15, -0.1) is 0 Å². The molecule has 4 rings (SSSR count). The van der Waals surface area contributed by atoms with E-state index in [1.54, 1.807) is 42.5 Å². The Morgan fingerprint density at radius 1 is 1.03 bits per heavy atom. The fraction of sp³-hybridized carbons (Fsp3) is 0.0833. The third-order valence-electron chi connectivity index (χ3n) is 4.96. The predicted molar refractivity (Wildman–Crippen MR) is 123 cm³/mol. The number of ether oxygens (including phenoxy) is 1. The van der Waals surface area contributed by atoms with E-state index in [1.807, 2.05) is 30.3 Å². The summed E-state index contributed by atoms with van der Waals surface area (Å²) < 4.78 is 5.25. The molecule has 9 heteroatoms. The monoisotopic (exact) mass is 444 g/mol. The summed E-state index contributed by atoms with van der Waals surface area (Å²) in [6, 6.07) is 20.7. The van der Waals surface area contributed by atoms with Gasteiger partial charge in [0.2, 0.25) is 5.95 Å². The first kappa shape index (κ1) is 21.6. The Hall–Kier alpha value is -4.66. The van der Waals surface area contributed by atoms with Gasteiger partial charge in [-0.25, -0.2) is 14.6 Å². The zero-order chi connectivity index (χ0) is 23.4. The second-order valence-electron chi connectivity index (χ2n) is 7.20. The molecule has 0 atom stereocenters. The molecule has 0 aliphatic heterocycles. The molecule has 166 valence electrons. The maximum atomic E-state index is 13.2. The van der Waals surface area contributed by atoms with E-state index >= 15 is 0 Å². The predicted octanol–water partition coefficient (Wildman–Crippen LogP) is 4.66. The van der Waals surface area contributed by atoms with Gasteiger partial charge < -0.3 is 14.8 Å². The highest BCUT2D eigenvalue weighted by Crippen LogP contribution is 2.23. The van der Waals surface area contributed by atoms with E-state index in [0.717, 1.165) is 10.5 Å². The lowest BCUT2D eigenvalue weighted by atomic mass is 10.0. The number of rotatable bonds is 6. The summed E-state index contributed by atoms with van der Waals surface area (Å²) in [7, 11) is 1.37. The summed E-state index contributed by atoms with van der Waals surface area (Å²) in [6.45, 7) is 0.103. The SMILES string of the molecule is CN(C(=O)O)c1nc2cc(C(=O)c3ccccc3NC(=O)OCc3ccccc3)ccc2[nH]1. The van der Waals surface area contributed by atoms with E-state index in [9.17, 15) is 14.4 Å². The molecule has 4 aromatic rings. The molecule has 1 heterocycles. The molecular formula is C24H20N4O5. The summed E-state index contributed by atoms with van der Waals surface area (Å²) in [5, 5.41) is 11.7. The van der Waals surface area contributed by atoms with Gasteiger partial charge in [-0.1, -0.05) is 42.5 Å². The number of carbonyl (C=O) groups excluding carboxylic acids is 2. The number of hydrogen-bond donors (Lipinski definition) is 3. The molecular weight excluding hydrogens is 424 g/mol. The Kier molecular flexibility index (Phi) is 6.03. The number of nitrogens with zero attached hydrogens (tertiary/aromatic N) is 2. The minimum Gasteiger partial charge on any atom is -0.465 e. The quantitative estimate of drug-likeness (QED) is 0.372. The number of carboxylic acid groups (broad SMARTS) is 1. The number of imidazole rings is 1. The van der Waals surface area contributed by atoms with E-state index in [2.05, 4.69) is 15.3 Å². The third kappa shape index (κ3) is 4.82. The number of fused-ring (bicyclic) bond motifs is 1. The molecule has 0 spiro atoms. The summed E-state index contributed by atoms with van der Waals surface area (Å²) in [4.78, 5) is 44.7. The number of aromatic amines is 1. The van der Waals surface area contributed by atoms with Crippen molar-refractivity contribution in [3.8, 4) is 0 Å². The highest BCUT2D eigenvalue weighted by molar-refractivity contribution is 6.14. The first-order valence-electron chi connectivity index (χ1n) is 10.0. The van der Waals surface area contributed by atoms with Crippen LogP contribution in [0.15, 0.2) is 72.8 Å². The van der Waals surface area contributed by atoms with Crippen molar-refractivity contribution < 1.29 is 24.2 Å². The fourth-order valence-electron chi connectivity index (χ4n) is 3.20. The zero-order valence-corrected chi connectivity index (χ0v) is 17.6. The summed E-state index contributed by atoms with van der Waals surface area (Å²) in [5.41, 5.74) is 2.81. The van der Waals surface area contributed by atoms with Gasteiger partial charge in [0.1, 0.15) is 6.61 Å². The van der Waals surface area contributed by atoms with Crippen LogP contribution >= 0.6 is 0 Å². The third-order valence-corrected chi connectivity index (χ3v) is 4.96. The average molecular weight is 444 g/mol. The van der Waals surface area contributed by atoms with Gasteiger partial charge in [0.05, 0.1) is 16.7 Å². The van der Waals surface area contributed by atoms with E-state index in [0.29, 0.717) is 22.3 Å². The van der Waals surface area contributed by atoms with Gasteiger partial charge in [-0.2, -0.15) is 0 Å². The molecule has 1 aromatic heterocycles. The molecule has 3 aromatic carbocycles. The fourth-order valence-corrected chi connectivity index (χ4v) is 3.20. The van der Waals surface area contributed by atoms with Crippen molar-refractivity contribution in [3.05, 3.63) is 89.5 Å².